The van der Waals surface area contributed by atoms with Gasteiger partial charge in [0.25, 0.3) is 0 Å². The molecule has 0 bridgehead atoms. The molecule has 2 heteroatoms. The fourth-order valence-corrected chi connectivity index (χ4v) is 1.97. The highest BCUT2D eigenvalue weighted by atomic mass is 16.6. The number of hydrogen-bond donors (Lipinski definition) is 1. The van der Waals surface area contributed by atoms with Crippen molar-refractivity contribution in [2.45, 2.75) is 54.9 Å². The molecular weight excluding hydrogens is 188 g/mol. The van der Waals surface area contributed by atoms with Gasteiger partial charge in [0.15, 0.2) is 0 Å². The fraction of sp³-hybridized carbons (Fsp3) is 1.00. The average Bonchev–Trinajstić information content (AvgIpc) is 1.95. The highest BCUT2D eigenvalue weighted by Gasteiger charge is 2.40. The molecule has 0 spiro atoms. The standard InChI is InChI=1S/C13H28O2/c1-11(2,3)8-13(7,9-15-10-14)12(4,5)6/h14H,8-10H2,1-7H3. The van der Waals surface area contributed by atoms with Gasteiger partial charge < -0.3 is 9.84 Å². The van der Waals surface area contributed by atoms with Crippen molar-refractivity contribution in [3.8, 4) is 0 Å². The van der Waals surface area contributed by atoms with E-state index >= 15 is 0 Å². The largest absolute Gasteiger partial charge is 0.371 e. The first-order chi connectivity index (χ1) is 6.52. The zero-order chi connectivity index (χ0) is 12.3. The van der Waals surface area contributed by atoms with Crippen molar-refractivity contribution in [2.75, 3.05) is 13.4 Å². The molecule has 1 N–H and O–H groups in total. The number of hydrogen-bond acceptors (Lipinski definition) is 2. The van der Waals surface area contributed by atoms with E-state index in [0.29, 0.717) is 6.61 Å². The molecule has 0 aromatic carbocycles. The van der Waals surface area contributed by atoms with Crippen LogP contribution in [0.2, 0.25) is 0 Å². The summed E-state index contributed by atoms with van der Waals surface area (Å²) in [6.45, 7) is 16.1. The Morgan fingerprint density at radius 1 is 0.933 bits per heavy atom. The summed E-state index contributed by atoms with van der Waals surface area (Å²) in [5, 5.41) is 8.77. The van der Waals surface area contributed by atoms with Gasteiger partial charge in [-0.1, -0.05) is 48.5 Å². The predicted molar refractivity (Wildman–Crippen MR) is 64.7 cm³/mol. The van der Waals surface area contributed by atoms with Crippen molar-refractivity contribution in [3.05, 3.63) is 0 Å². The average molecular weight is 216 g/mol. The van der Waals surface area contributed by atoms with E-state index in [9.17, 15) is 0 Å². The molecule has 92 valence electrons. The van der Waals surface area contributed by atoms with Gasteiger partial charge in [-0.2, -0.15) is 0 Å². The normalized spacial score (nSPS) is 17.6. The molecule has 0 aliphatic carbocycles. The molecule has 0 saturated carbocycles. The second kappa shape index (κ2) is 4.84. The van der Waals surface area contributed by atoms with Crippen molar-refractivity contribution in [2.24, 2.45) is 16.2 Å². The lowest BCUT2D eigenvalue weighted by molar-refractivity contribution is -0.0853. The first kappa shape index (κ1) is 14.9. The van der Waals surface area contributed by atoms with Gasteiger partial charge in [-0.3, -0.25) is 0 Å². The minimum atomic E-state index is -0.185. The molecule has 1 atom stereocenters. The Hall–Kier alpha value is -0.0800. The molecule has 0 aliphatic heterocycles. The van der Waals surface area contributed by atoms with Crippen LogP contribution in [0.1, 0.15) is 54.9 Å². The monoisotopic (exact) mass is 216 g/mol. The highest BCUT2D eigenvalue weighted by molar-refractivity contribution is 4.89. The van der Waals surface area contributed by atoms with Crippen LogP contribution >= 0.6 is 0 Å². The van der Waals surface area contributed by atoms with Gasteiger partial charge >= 0.3 is 0 Å². The topological polar surface area (TPSA) is 29.5 Å². The Labute approximate surface area is 95.0 Å². The molecule has 0 rings (SSSR count). The lowest BCUT2D eigenvalue weighted by Crippen LogP contribution is -2.40. The van der Waals surface area contributed by atoms with E-state index < -0.39 is 0 Å². The number of rotatable bonds is 4. The van der Waals surface area contributed by atoms with Crippen molar-refractivity contribution in [1.29, 1.82) is 0 Å². The van der Waals surface area contributed by atoms with E-state index in [1.165, 1.54) is 0 Å². The van der Waals surface area contributed by atoms with E-state index in [1.54, 1.807) is 0 Å². The van der Waals surface area contributed by atoms with Gasteiger partial charge in [0, 0.05) is 0 Å². The maximum absolute atomic E-state index is 8.77. The molecule has 0 radical (unpaired) electrons. The van der Waals surface area contributed by atoms with Crippen molar-refractivity contribution >= 4 is 0 Å². The Morgan fingerprint density at radius 2 is 1.40 bits per heavy atom. The van der Waals surface area contributed by atoms with E-state index in [1.807, 2.05) is 0 Å². The maximum Gasteiger partial charge on any atom is 0.143 e. The van der Waals surface area contributed by atoms with Crippen LogP contribution in [0.3, 0.4) is 0 Å². The summed E-state index contributed by atoms with van der Waals surface area (Å²) < 4.78 is 5.23. The Balaban J connectivity index is 4.71. The van der Waals surface area contributed by atoms with Crippen LogP contribution in [-0.4, -0.2) is 18.5 Å². The van der Waals surface area contributed by atoms with Crippen molar-refractivity contribution in [1.82, 2.24) is 0 Å². The molecule has 15 heavy (non-hydrogen) atoms. The molecule has 0 aromatic heterocycles. The van der Waals surface area contributed by atoms with Gasteiger partial charge in [0.1, 0.15) is 6.79 Å². The summed E-state index contributed by atoms with van der Waals surface area (Å²) in [5.41, 5.74) is 0.546. The fourth-order valence-electron chi connectivity index (χ4n) is 1.97. The lowest BCUT2D eigenvalue weighted by Gasteiger charge is -2.45. The third kappa shape index (κ3) is 4.98. The van der Waals surface area contributed by atoms with Crippen molar-refractivity contribution in [3.63, 3.8) is 0 Å². The zero-order valence-electron chi connectivity index (χ0n) is 11.5. The second-order valence-electron chi connectivity index (χ2n) is 7.03. The van der Waals surface area contributed by atoms with Crippen LogP contribution in [0.25, 0.3) is 0 Å². The van der Waals surface area contributed by atoms with Gasteiger partial charge in [-0.15, -0.1) is 0 Å². The zero-order valence-corrected chi connectivity index (χ0v) is 11.5. The summed E-state index contributed by atoms with van der Waals surface area (Å²) >= 11 is 0. The van der Waals surface area contributed by atoms with Crippen LogP contribution in [0.5, 0.6) is 0 Å². The molecule has 1 unspecified atom stereocenters. The molecular formula is C13H28O2. The molecule has 0 saturated heterocycles. The van der Waals surface area contributed by atoms with Gasteiger partial charge in [0.2, 0.25) is 0 Å². The third-order valence-corrected chi connectivity index (χ3v) is 3.24. The van der Waals surface area contributed by atoms with Gasteiger partial charge in [-0.05, 0) is 22.7 Å². The van der Waals surface area contributed by atoms with Crippen LogP contribution < -0.4 is 0 Å². The summed E-state index contributed by atoms with van der Waals surface area (Å²) in [4.78, 5) is 0. The van der Waals surface area contributed by atoms with E-state index in [-0.39, 0.29) is 23.0 Å². The quantitative estimate of drug-likeness (QED) is 0.729. The summed E-state index contributed by atoms with van der Waals surface area (Å²) in [7, 11) is 0. The molecule has 0 fully saturated rings. The molecule has 0 aromatic rings. The van der Waals surface area contributed by atoms with E-state index in [4.69, 9.17) is 9.84 Å². The Kier molecular flexibility index (Phi) is 4.81. The Morgan fingerprint density at radius 3 is 1.67 bits per heavy atom. The van der Waals surface area contributed by atoms with E-state index in [0.717, 1.165) is 6.42 Å². The number of aliphatic hydroxyl groups is 1. The maximum atomic E-state index is 8.77. The highest BCUT2D eigenvalue weighted by Crippen LogP contribution is 2.46. The molecule has 0 aliphatic rings. The Bertz CT molecular complexity index is 186. The summed E-state index contributed by atoms with van der Waals surface area (Å²) in [6, 6.07) is 0. The summed E-state index contributed by atoms with van der Waals surface area (Å²) in [5.74, 6) is 0. The smallest absolute Gasteiger partial charge is 0.143 e. The van der Waals surface area contributed by atoms with Crippen molar-refractivity contribution < 1.29 is 9.84 Å². The minimum Gasteiger partial charge on any atom is -0.371 e. The van der Waals surface area contributed by atoms with Crippen LogP contribution in [0, 0.1) is 16.2 Å². The minimum absolute atomic E-state index is 0.0913. The van der Waals surface area contributed by atoms with Gasteiger partial charge in [0.05, 0.1) is 6.61 Å². The third-order valence-electron chi connectivity index (χ3n) is 3.24. The SMILES string of the molecule is CC(C)(C)CC(C)(COCO)C(C)(C)C. The van der Waals surface area contributed by atoms with Crippen LogP contribution in [0.15, 0.2) is 0 Å². The summed E-state index contributed by atoms with van der Waals surface area (Å²) in [6.07, 6.45) is 1.09. The lowest BCUT2D eigenvalue weighted by atomic mass is 9.62. The second-order valence-corrected chi connectivity index (χ2v) is 7.03. The molecule has 0 amide bonds. The van der Waals surface area contributed by atoms with Crippen LogP contribution in [-0.2, 0) is 4.74 Å². The van der Waals surface area contributed by atoms with Crippen LogP contribution in [0.4, 0.5) is 0 Å². The number of ether oxygens (including phenoxy) is 1. The first-order valence-electron chi connectivity index (χ1n) is 5.70. The first-order valence-corrected chi connectivity index (χ1v) is 5.70. The molecule has 2 nitrogen and oxygen atoms in total. The number of aliphatic hydroxyl groups excluding tert-OH is 1. The van der Waals surface area contributed by atoms with E-state index in [2.05, 4.69) is 48.5 Å². The molecule has 0 heterocycles. The van der Waals surface area contributed by atoms with Gasteiger partial charge in [-0.25, -0.2) is 0 Å². The predicted octanol–water partition coefficient (Wildman–Crippen LogP) is 3.44.